The summed E-state index contributed by atoms with van der Waals surface area (Å²) in [6.45, 7) is 9.81. The minimum Gasteiger partial charge on any atom is -0.378 e. The molecule has 33 heavy (non-hydrogen) atoms. The molecule has 0 aliphatic carbocycles. The first-order valence-corrected chi connectivity index (χ1v) is 12.7. The van der Waals surface area contributed by atoms with Crippen molar-refractivity contribution in [2.75, 3.05) is 86.9 Å². The number of nitrogens with zero attached hydrogens (tertiary/aromatic N) is 5. The smallest absolute Gasteiger partial charge is 0.234 e. The Labute approximate surface area is 199 Å². The van der Waals surface area contributed by atoms with E-state index in [4.69, 9.17) is 9.72 Å². The van der Waals surface area contributed by atoms with Crippen LogP contribution in [0.3, 0.4) is 0 Å². The molecule has 0 atom stereocenters. The highest BCUT2D eigenvalue weighted by molar-refractivity contribution is 7.98. The topological polar surface area (TPSA) is 85.9 Å². The second kappa shape index (κ2) is 11.5. The summed E-state index contributed by atoms with van der Waals surface area (Å²) >= 11 is 1.54. The average molecular weight is 472 g/mol. The van der Waals surface area contributed by atoms with E-state index in [1.54, 1.807) is 0 Å². The van der Waals surface area contributed by atoms with Gasteiger partial charge in [-0.2, -0.15) is 0 Å². The first-order valence-electron chi connectivity index (χ1n) is 11.5. The Morgan fingerprint density at radius 1 is 1.03 bits per heavy atom. The maximum absolute atomic E-state index is 11.9. The van der Waals surface area contributed by atoms with Gasteiger partial charge in [-0.05, 0) is 37.4 Å². The van der Waals surface area contributed by atoms with Gasteiger partial charge in [0.25, 0.3) is 0 Å². The number of benzene rings is 1. The van der Waals surface area contributed by atoms with Crippen molar-refractivity contribution in [2.24, 2.45) is 0 Å². The number of rotatable bonds is 8. The molecule has 2 aliphatic rings. The number of carbonyl (C=O) groups is 1. The van der Waals surface area contributed by atoms with Crippen LogP contribution in [0.25, 0.3) is 0 Å². The van der Waals surface area contributed by atoms with Crippen LogP contribution in [-0.2, 0) is 9.53 Å². The van der Waals surface area contributed by atoms with E-state index >= 15 is 0 Å². The highest BCUT2D eigenvalue weighted by atomic mass is 32.2. The molecular formula is C23H33N7O2S. The Kier molecular flexibility index (Phi) is 8.25. The van der Waals surface area contributed by atoms with Crippen molar-refractivity contribution in [1.82, 2.24) is 20.2 Å². The fraction of sp³-hybridized carbons (Fsp3) is 0.522. The normalized spacial score (nSPS) is 17.2. The van der Waals surface area contributed by atoms with E-state index in [2.05, 4.69) is 54.6 Å². The molecule has 0 radical (unpaired) electrons. The number of morpholine rings is 1. The van der Waals surface area contributed by atoms with E-state index in [9.17, 15) is 4.79 Å². The number of piperazine rings is 1. The van der Waals surface area contributed by atoms with Crippen LogP contribution in [0.1, 0.15) is 6.92 Å². The van der Waals surface area contributed by atoms with E-state index in [0.717, 1.165) is 75.0 Å². The lowest BCUT2D eigenvalue weighted by Gasteiger charge is -2.35. The fourth-order valence-electron chi connectivity index (χ4n) is 4.05. The molecule has 1 aromatic heterocycles. The molecule has 1 aromatic carbocycles. The molecule has 0 bridgehead atoms. The average Bonchev–Trinajstić information content (AvgIpc) is 2.85. The Morgan fingerprint density at radius 3 is 2.42 bits per heavy atom. The summed E-state index contributed by atoms with van der Waals surface area (Å²) in [5.74, 6) is 1.79. The molecule has 0 unspecified atom stereocenters. The number of carbonyl (C=O) groups excluding carboxylic acids is 1. The lowest BCUT2D eigenvalue weighted by molar-refractivity contribution is -0.122. The molecule has 2 aliphatic heterocycles. The van der Waals surface area contributed by atoms with Crippen LogP contribution >= 0.6 is 11.8 Å². The molecule has 2 aromatic rings. The molecule has 10 heteroatoms. The molecular weight excluding hydrogens is 438 g/mol. The van der Waals surface area contributed by atoms with Crippen molar-refractivity contribution in [3.63, 3.8) is 0 Å². The van der Waals surface area contributed by atoms with Crippen molar-refractivity contribution in [1.29, 1.82) is 0 Å². The summed E-state index contributed by atoms with van der Waals surface area (Å²) in [5, 5.41) is 7.05. The zero-order valence-corrected chi connectivity index (χ0v) is 20.2. The number of hydrogen-bond donors (Lipinski definition) is 2. The van der Waals surface area contributed by atoms with Crippen LogP contribution in [0.2, 0.25) is 0 Å². The number of aromatic nitrogens is 2. The molecule has 2 N–H and O–H groups in total. The summed E-state index contributed by atoms with van der Waals surface area (Å²) in [6, 6.07) is 10.5. The molecule has 9 nitrogen and oxygen atoms in total. The van der Waals surface area contributed by atoms with Crippen LogP contribution in [-0.4, -0.2) is 92.6 Å². The Bertz CT molecular complexity index is 914. The molecule has 4 rings (SSSR count). The second-order valence-electron chi connectivity index (χ2n) is 8.09. The minimum absolute atomic E-state index is 0.0868. The zero-order chi connectivity index (χ0) is 23.0. The van der Waals surface area contributed by atoms with Crippen LogP contribution in [0.5, 0.6) is 0 Å². The molecule has 0 spiro atoms. The lowest BCUT2D eigenvalue weighted by atomic mass is 10.2. The third-order valence-electron chi connectivity index (χ3n) is 5.83. The number of hydrogen-bond acceptors (Lipinski definition) is 9. The third kappa shape index (κ3) is 6.49. The van der Waals surface area contributed by atoms with Crippen LogP contribution in [0.15, 0.2) is 35.5 Å². The van der Waals surface area contributed by atoms with Crippen LogP contribution in [0.4, 0.5) is 23.0 Å². The van der Waals surface area contributed by atoms with Gasteiger partial charge in [-0.1, -0.05) is 11.8 Å². The highest BCUT2D eigenvalue weighted by Gasteiger charge is 2.21. The molecule has 0 saturated carbocycles. The Hall–Kier alpha value is -2.56. The number of thioether (sulfide) groups is 1. The summed E-state index contributed by atoms with van der Waals surface area (Å²) in [6.07, 6.45) is 1.99. The maximum Gasteiger partial charge on any atom is 0.234 e. The first-order chi connectivity index (χ1) is 16.1. The van der Waals surface area contributed by atoms with E-state index in [1.165, 1.54) is 17.4 Å². The maximum atomic E-state index is 11.9. The highest BCUT2D eigenvalue weighted by Crippen LogP contribution is 2.25. The van der Waals surface area contributed by atoms with Crippen molar-refractivity contribution >= 4 is 40.7 Å². The summed E-state index contributed by atoms with van der Waals surface area (Å²) < 4.78 is 5.44. The van der Waals surface area contributed by atoms with Gasteiger partial charge in [0.15, 0.2) is 5.16 Å². The third-order valence-corrected chi connectivity index (χ3v) is 6.38. The van der Waals surface area contributed by atoms with Gasteiger partial charge < -0.3 is 25.2 Å². The number of ether oxygens (including phenoxy) is 1. The number of amides is 1. The van der Waals surface area contributed by atoms with Gasteiger partial charge in [-0.25, -0.2) is 9.97 Å². The van der Waals surface area contributed by atoms with Gasteiger partial charge in [-0.15, -0.1) is 0 Å². The van der Waals surface area contributed by atoms with Crippen molar-refractivity contribution in [3.8, 4) is 0 Å². The minimum atomic E-state index is 0.0868. The van der Waals surface area contributed by atoms with Gasteiger partial charge in [0.1, 0.15) is 11.6 Å². The van der Waals surface area contributed by atoms with E-state index in [0.29, 0.717) is 13.1 Å². The lowest BCUT2D eigenvalue weighted by Crippen LogP contribution is -2.49. The van der Waals surface area contributed by atoms with Gasteiger partial charge in [0, 0.05) is 63.3 Å². The Morgan fingerprint density at radius 2 is 1.76 bits per heavy atom. The second-order valence-corrected chi connectivity index (χ2v) is 8.86. The van der Waals surface area contributed by atoms with Crippen LogP contribution in [0, 0.1) is 0 Å². The first kappa shape index (κ1) is 23.6. The van der Waals surface area contributed by atoms with Gasteiger partial charge in [-0.3, -0.25) is 9.69 Å². The number of anilines is 4. The van der Waals surface area contributed by atoms with Crippen LogP contribution < -0.4 is 20.4 Å². The van der Waals surface area contributed by atoms with Crippen molar-refractivity contribution < 1.29 is 9.53 Å². The fourth-order valence-corrected chi connectivity index (χ4v) is 4.42. The molecule has 1 amide bonds. The standard InChI is InChI=1S/C23H33N7O2S/c1-3-24-22(31)17-28-8-10-30(11-9-28)21-16-20(26-23(27-21)33-2)25-18-4-6-19(7-5-18)29-12-14-32-15-13-29/h4-7,16H,3,8-15,17H2,1-2H3,(H,24,31)(H,25,26,27). The molecule has 178 valence electrons. The van der Waals surface area contributed by atoms with Gasteiger partial charge >= 0.3 is 0 Å². The predicted molar refractivity (Wildman–Crippen MR) is 134 cm³/mol. The summed E-state index contributed by atoms with van der Waals surface area (Å²) in [7, 11) is 0. The van der Waals surface area contributed by atoms with E-state index in [1.807, 2.05) is 19.2 Å². The number of nitrogens with one attached hydrogen (secondary N) is 2. The SMILES string of the molecule is CCNC(=O)CN1CCN(c2cc(Nc3ccc(N4CCOCC4)cc3)nc(SC)n2)CC1. The van der Waals surface area contributed by atoms with Crippen molar-refractivity contribution in [2.45, 2.75) is 12.1 Å². The predicted octanol–water partition coefficient (Wildman–Crippen LogP) is 2.04. The molecule has 2 saturated heterocycles. The van der Waals surface area contributed by atoms with E-state index in [-0.39, 0.29) is 5.91 Å². The number of likely N-dealkylation sites (N-methyl/N-ethyl adjacent to an activating group) is 1. The van der Waals surface area contributed by atoms with Gasteiger partial charge in [0.05, 0.1) is 19.8 Å². The monoisotopic (exact) mass is 471 g/mol. The quantitative estimate of drug-likeness (QED) is 0.444. The van der Waals surface area contributed by atoms with E-state index < -0.39 is 0 Å². The summed E-state index contributed by atoms with van der Waals surface area (Å²) in [5.41, 5.74) is 2.21. The molecule has 3 heterocycles. The Balaban J connectivity index is 1.39. The van der Waals surface area contributed by atoms with Crippen molar-refractivity contribution in [3.05, 3.63) is 30.3 Å². The summed E-state index contributed by atoms with van der Waals surface area (Å²) in [4.78, 5) is 28.0. The zero-order valence-electron chi connectivity index (χ0n) is 19.4. The van der Waals surface area contributed by atoms with Gasteiger partial charge in [0.2, 0.25) is 5.91 Å². The molecule has 2 fully saturated rings. The largest absolute Gasteiger partial charge is 0.378 e.